The minimum atomic E-state index is -0.210. The molecule has 0 radical (unpaired) electrons. The Kier molecular flexibility index (Phi) is 3.97. The van der Waals surface area contributed by atoms with Crippen molar-refractivity contribution < 1.29 is 4.79 Å². The zero-order chi connectivity index (χ0) is 7.98. The third-order valence-corrected chi connectivity index (χ3v) is 0.820. The smallest absolute Gasteiger partial charge is 0.241 e. The van der Waals surface area contributed by atoms with E-state index in [1.165, 1.54) is 7.05 Å². The predicted molar refractivity (Wildman–Crippen MR) is 37.9 cm³/mol. The van der Waals surface area contributed by atoms with Crippen LogP contribution >= 0.6 is 0 Å². The normalized spacial score (nSPS) is 10.8. The Labute approximate surface area is 58.6 Å². The van der Waals surface area contributed by atoms with Crippen molar-refractivity contribution in [3.63, 3.8) is 0 Å². The number of hydrogen-bond donors (Lipinski definition) is 4. The molecule has 0 aliphatic rings. The highest BCUT2D eigenvalue weighted by atomic mass is 16.1. The van der Waals surface area contributed by atoms with E-state index >= 15 is 0 Å². The van der Waals surface area contributed by atoms with Crippen LogP contribution in [0.15, 0.2) is 4.99 Å². The lowest BCUT2D eigenvalue weighted by Gasteiger charge is -1.96. The molecule has 6 nitrogen and oxygen atoms in total. The molecular weight excluding hydrogens is 134 g/mol. The number of hydrazine groups is 1. The van der Waals surface area contributed by atoms with Crippen molar-refractivity contribution in [1.82, 2.24) is 10.7 Å². The highest BCUT2D eigenvalue weighted by Gasteiger charge is 1.93. The average Bonchev–Trinajstić information content (AvgIpc) is 1.99. The van der Waals surface area contributed by atoms with E-state index in [2.05, 4.69) is 15.7 Å². The first-order valence-corrected chi connectivity index (χ1v) is 2.67. The van der Waals surface area contributed by atoms with Gasteiger partial charge in [-0.25, -0.2) is 10.8 Å². The van der Waals surface area contributed by atoms with Gasteiger partial charge in [-0.2, -0.15) is 0 Å². The number of rotatable bonds is 2. The summed E-state index contributed by atoms with van der Waals surface area (Å²) in [4.78, 5) is 14.0. The Morgan fingerprint density at radius 3 is 2.70 bits per heavy atom. The van der Waals surface area contributed by atoms with Crippen molar-refractivity contribution >= 4 is 11.9 Å². The number of nitrogens with zero attached hydrogens (tertiary/aromatic N) is 1. The van der Waals surface area contributed by atoms with Gasteiger partial charge in [0.05, 0.1) is 0 Å². The summed E-state index contributed by atoms with van der Waals surface area (Å²) in [6, 6.07) is 0. The topological polar surface area (TPSA) is 106 Å². The molecule has 1 amide bonds. The standard InChI is InChI=1S/C4H11N5O/c1-7-3(10)2-8-4(5)9-6/h2,6H2,1H3,(H,7,10)(H3,5,8,9). The van der Waals surface area contributed by atoms with E-state index in [4.69, 9.17) is 11.6 Å². The van der Waals surface area contributed by atoms with Crippen LogP contribution in [0.2, 0.25) is 0 Å². The maximum Gasteiger partial charge on any atom is 0.241 e. The zero-order valence-electron chi connectivity index (χ0n) is 5.72. The summed E-state index contributed by atoms with van der Waals surface area (Å²) < 4.78 is 0. The number of aliphatic imine (C=N–C) groups is 1. The maximum atomic E-state index is 10.5. The first-order valence-electron chi connectivity index (χ1n) is 2.67. The van der Waals surface area contributed by atoms with Gasteiger partial charge in [-0.15, -0.1) is 0 Å². The molecule has 0 atom stereocenters. The summed E-state index contributed by atoms with van der Waals surface area (Å²) in [5.41, 5.74) is 7.20. The highest BCUT2D eigenvalue weighted by molar-refractivity contribution is 5.83. The second-order valence-electron chi connectivity index (χ2n) is 1.52. The Balaban J connectivity index is 3.61. The fourth-order valence-corrected chi connectivity index (χ4v) is 0.282. The summed E-state index contributed by atoms with van der Waals surface area (Å²) in [6.07, 6.45) is 0. The van der Waals surface area contributed by atoms with Crippen molar-refractivity contribution in [2.75, 3.05) is 13.6 Å². The minimum absolute atomic E-state index is 0.00741. The van der Waals surface area contributed by atoms with Crippen LogP contribution in [0.25, 0.3) is 0 Å². The molecular formula is C4H11N5O. The molecule has 0 aromatic carbocycles. The fraction of sp³-hybridized carbons (Fsp3) is 0.500. The number of guanidine groups is 1. The Morgan fingerprint density at radius 1 is 1.70 bits per heavy atom. The second kappa shape index (κ2) is 4.57. The molecule has 58 valence electrons. The summed E-state index contributed by atoms with van der Waals surface area (Å²) in [5, 5.41) is 2.37. The van der Waals surface area contributed by atoms with Crippen LogP contribution in [0.3, 0.4) is 0 Å². The lowest BCUT2D eigenvalue weighted by atomic mass is 10.6. The average molecular weight is 145 g/mol. The number of likely N-dealkylation sites (N-methyl/N-ethyl adjacent to an activating group) is 1. The Bertz CT molecular complexity index is 143. The van der Waals surface area contributed by atoms with E-state index in [0.717, 1.165) is 0 Å². The van der Waals surface area contributed by atoms with Gasteiger partial charge in [0.25, 0.3) is 0 Å². The quantitative estimate of drug-likeness (QED) is 0.149. The molecule has 0 heterocycles. The van der Waals surface area contributed by atoms with Gasteiger partial charge < -0.3 is 11.1 Å². The SMILES string of the molecule is CNC(=O)CN=C(N)NN. The van der Waals surface area contributed by atoms with E-state index < -0.39 is 0 Å². The van der Waals surface area contributed by atoms with E-state index in [1.54, 1.807) is 0 Å². The van der Waals surface area contributed by atoms with Crippen molar-refractivity contribution in [3.8, 4) is 0 Å². The van der Waals surface area contributed by atoms with Crippen LogP contribution in [0, 0.1) is 0 Å². The van der Waals surface area contributed by atoms with Gasteiger partial charge in [-0.05, 0) is 0 Å². The first-order chi connectivity index (χ1) is 4.70. The second-order valence-corrected chi connectivity index (χ2v) is 1.52. The molecule has 0 saturated heterocycles. The van der Waals surface area contributed by atoms with Gasteiger partial charge >= 0.3 is 0 Å². The van der Waals surface area contributed by atoms with E-state index in [9.17, 15) is 4.79 Å². The summed E-state index contributed by atoms with van der Waals surface area (Å²) in [5.74, 6) is 4.70. The maximum absolute atomic E-state index is 10.5. The van der Waals surface area contributed by atoms with Crippen molar-refractivity contribution in [3.05, 3.63) is 0 Å². The summed E-state index contributed by atoms with van der Waals surface area (Å²) >= 11 is 0. The van der Waals surface area contributed by atoms with Gasteiger partial charge in [0, 0.05) is 7.05 Å². The van der Waals surface area contributed by atoms with Crippen molar-refractivity contribution in [2.45, 2.75) is 0 Å². The molecule has 0 unspecified atom stereocenters. The first kappa shape index (κ1) is 8.70. The lowest BCUT2D eigenvalue weighted by Crippen LogP contribution is -2.38. The van der Waals surface area contributed by atoms with Crippen molar-refractivity contribution in [2.24, 2.45) is 16.6 Å². The molecule has 6 N–H and O–H groups in total. The molecule has 0 aliphatic carbocycles. The minimum Gasteiger partial charge on any atom is -0.369 e. The van der Waals surface area contributed by atoms with Crippen molar-refractivity contribution in [1.29, 1.82) is 0 Å². The number of nitrogens with one attached hydrogen (secondary N) is 2. The molecule has 10 heavy (non-hydrogen) atoms. The Hall–Kier alpha value is -1.30. The largest absolute Gasteiger partial charge is 0.369 e. The number of nitrogens with two attached hydrogens (primary N) is 2. The van der Waals surface area contributed by atoms with Crippen LogP contribution in [0.4, 0.5) is 0 Å². The van der Waals surface area contributed by atoms with E-state index in [0.29, 0.717) is 0 Å². The van der Waals surface area contributed by atoms with Gasteiger partial charge in [0.2, 0.25) is 11.9 Å². The van der Waals surface area contributed by atoms with E-state index in [-0.39, 0.29) is 18.4 Å². The molecule has 0 aliphatic heterocycles. The third-order valence-electron chi connectivity index (χ3n) is 0.820. The molecule has 0 bridgehead atoms. The van der Waals surface area contributed by atoms with Crippen LogP contribution in [0.1, 0.15) is 0 Å². The number of carbonyl (C=O) groups excluding carboxylic acids is 1. The van der Waals surface area contributed by atoms with Crippen LogP contribution < -0.4 is 22.3 Å². The molecule has 0 aromatic rings. The Morgan fingerprint density at radius 2 is 2.30 bits per heavy atom. The molecule has 0 spiro atoms. The molecule has 0 saturated carbocycles. The number of carbonyl (C=O) groups is 1. The molecule has 0 fully saturated rings. The molecule has 6 heteroatoms. The monoisotopic (exact) mass is 145 g/mol. The van der Waals surface area contributed by atoms with E-state index in [1.807, 2.05) is 0 Å². The molecule has 0 aromatic heterocycles. The van der Waals surface area contributed by atoms with Gasteiger partial charge in [-0.3, -0.25) is 10.2 Å². The highest BCUT2D eigenvalue weighted by Crippen LogP contribution is 1.67. The predicted octanol–water partition coefficient (Wildman–Crippen LogP) is -2.49. The fourth-order valence-electron chi connectivity index (χ4n) is 0.282. The molecule has 0 rings (SSSR count). The van der Waals surface area contributed by atoms with Crippen LogP contribution in [0.5, 0.6) is 0 Å². The summed E-state index contributed by atoms with van der Waals surface area (Å²) in [7, 11) is 1.52. The summed E-state index contributed by atoms with van der Waals surface area (Å²) in [6.45, 7) is -0.00741. The number of hydrogen-bond acceptors (Lipinski definition) is 3. The number of amides is 1. The van der Waals surface area contributed by atoms with Gasteiger partial charge in [0.1, 0.15) is 6.54 Å². The third kappa shape index (κ3) is 3.67. The van der Waals surface area contributed by atoms with Gasteiger partial charge in [-0.1, -0.05) is 0 Å². The zero-order valence-corrected chi connectivity index (χ0v) is 5.72. The van der Waals surface area contributed by atoms with Crippen LogP contribution in [-0.2, 0) is 4.79 Å². The lowest BCUT2D eigenvalue weighted by molar-refractivity contribution is -0.119. The van der Waals surface area contributed by atoms with Gasteiger partial charge in [0.15, 0.2) is 0 Å². The van der Waals surface area contributed by atoms with Crippen LogP contribution in [-0.4, -0.2) is 25.5 Å².